The van der Waals surface area contributed by atoms with Crippen molar-refractivity contribution in [2.24, 2.45) is 0 Å². The highest BCUT2D eigenvalue weighted by molar-refractivity contribution is 5.94. The molecule has 0 amide bonds. The molecule has 0 unspecified atom stereocenters. The third-order valence-corrected chi connectivity index (χ3v) is 3.25. The molecule has 2 nitrogen and oxygen atoms in total. The summed E-state index contributed by atoms with van der Waals surface area (Å²) in [7, 11) is 0. The summed E-state index contributed by atoms with van der Waals surface area (Å²) in [5.41, 5.74) is 4.29. The minimum absolute atomic E-state index is 0.102. The van der Waals surface area contributed by atoms with E-state index in [0.29, 0.717) is 0 Å². The van der Waals surface area contributed by atoms with Crippen LogP contribution in [0.3, 0.4) is 0 Å². The fraction of sp³-hybridized carbons (Fsp3) is 0.235. The van der Waals surface area contributed by atoms with Gasteiger partial charge in [0.2, 0.25) is 0 Å². The van der Waals surface area contributed by atoms with Crippen LogP contribution >= 0.6 is 0 Å². The van der Waals surface area contributed by atoms with Crippen LogP contribution in [0.15, 0.2) is 48.5 Å². The van der Waals surface area contributed by atoms with Crippen molar-refractivity contribution in [2.75, 3.05) is 11.4 Å². The van der Waals surface area contributed by atoms with Crippen molar-refractivity contribution in [2.45, 2.75) is 20.8 Å². The molecule has 0 spiro atoms. The average Bonchev–Trinajstić information content (AvgIpc) is 2.42. The number of nitrogens with zero attached hydrogens (tertiary/aromatic N) is 1. The molecule has 0 aliphatic rings. The predicted octanol–water partition coefficient (Wildman–Crippen LogP) is 4.36. The van der Waals surface area contributed by atoms with E-state index in [1.165, 1.54) is 11.3 Å². The van der Waals surface area contributed by atoms with E-state index in [9.17, 15) is 4.79 Å². The van der Waals surface area contributed by atoms with Gasteiger partial charge in [0.25, 0.3) is 0 Å². The van der Waals surface area contributed by atoms with Gasteiger partial charge in [-0.3, -0.25) is 4.79 Å². The first-order valence-corrected chi connectivity index (χ1v) is 6.57. The van der Waals surface area contributed by atoms with E-state index in [0.717, 1.165) is 17.8 Å². The molecule has 0 atom stereocenters. The molecule has 0 aliphatic heterocycles. The van der Waals surface area contributed by atoms with E-state index in [1.54, 1.807) is 6.92 Å². The first-order valence-electron chi connectivity index (χ1n) is 6.57. The van der Waals surface area contributed by atoms with Crippen molar-refractivity contribution in [1.29, 1.82) is 0 Å². The molecule has 0 aliphatic carbocycles. The maximum Gasteiger partial charge on any atom is 0.159 e. The molecule has 0 radical (unpaired) electrons. The molecule has 0 saturated heterocycles. The summed E-state index contributed by atoms with van der Waals surface area (Å²) in [6.45, 7) is 6.69. The van der Waals surface area contributed by atoms with E-state index < -0.39 is 0 Å². The number of rotatable bonds is 4. The number of Topliss-reactive ketones (excluding diaryl/α,β-unsaturated/α-hetero) is 1. The zero-order valence-corrected chi connectivity index (χ0v) is 11.7. The number of carbonyl (C=O) groups is 1. The van der Waals surface area contributed by atoms with Crippen LogP contribution in [0.25, 0.3) is 0 Å². The zero-order valence-electron chi connectivity index (χ0n) is 11.7. The number of aryl methyl sites for hydroxylation is 1. The van der Waals surface area contributed by atoms with Crippen molar-refractivity contribution in [3.05, 3.63) is 59.7 Å². The number of carbonyl (C=O) groups excluding carboxylic acids is 1. The first kappa shape index (κ1) is 13.3. The summed E-state index contributed by atoms with van der Waals surface area (Å²) >= 11 is 0. The highest BCUT2D eigenvalue weighted by atomic mass is 16.1. The molecule has 0 aromatic heterocycles. The van der Waals surface area contributed by atoms with E-state index in [-0.39, 0.29) is 5.78 Å². The normalized spacial score (nSPS) is 10.3. The Morgan fingerprint density at radius 2 is 1.42 bits per heavy atom. The highest BCUT2D eigenvalue weighted by Crippen LogP contribution is 2.25. The Labute approximate surface area is 114 Å². The van der Waals surface area contributed by atoms with Crippen molar-refractivity contribution >= 4 is 17.2 Å². The molecule has 0 saturated carbocycles. The molecule has 2 heteroatoms. The van der Waals surface area contributed by atoms with Crippen LogP contribution in [0.4, 0.5) is 11.4 Å². The van der Waals surface area contributed by atoms with Gasteiger partial charge in [0.1, 0.15) is 0 Å². The molecule has 98 valence electrons. The minimum atomic E-state index is 0.102. The van der Waals surface area contributed by atoms with Crippen molar-refractivity contribution in [3.8, 4) is 0 Å². The van der Waals surface area contributed by atoms with E-state index in [4.69, 9.17) is 0 Å². The largest absolute Gasteiger partial charge is 0.342 e. The lowest BCUT2D eigenvalue weighted by Crippen LogP contribution is -2.15. The molecule has 2 rings (SSSR count). The third-order valence-electron chi connectivity index (χ3n) is 3.25. The topological polar surface area (TPSA) is 20.3 Å². The molecule has 2 aromatic carbocycles. The summed E-state index contributed by atoms with van der Waals surface area (Å²) in [5, 5.41) is 0. The second-order valence-corrected chi connectivity index (χ2v) is 4.68. The van der Waals surface area contributed by atoms with E-state index in [1.807, 2.05) is 24.3 Å². The molecule has 0 N–H and O–H groups in total. The standard InChI is InChI=1S/C17H19NO/c1-4-18(16-9-5-13(2)6-10-16)17-11-7-15(8-12-17)14(3)19/h5-12H,4H2,1-3H3. The van der Waals surface area contributed by atoms with Gasteiger partial charge in [-0.05, 0) is 57.2 Å². The molecule has 0 heterocycles. The van der Waals surface area contributed by atoms with Crippen LogP contribution in [0, 0.1) is 6.92 Å². The molecular formula is C17H19NO. The zero-order chi connectivity index (χ0) is 13.8. The van der Waals surface area contributed by atoms with E-state index in [2.05, 4.69) is 43.0 Å². The van der Waals surface area contributed by atoms with Gasteiger partial charge in [-0.15, -0.1) is 0 Å². The van der Waals surface area contributed by atoms with Crippen LogP contribution in [-0.2, 0) is 0 Å². The van der Waals surface area contributed by atoms with Crippen molar-refractivity contribution in [3.63, 3.8) is 0 Å². The lowest BCUT2D eigenvalue weighted by atomic mass is 10.1. The highest BCUT2D eigenvalue weighted by Gasteiger charge is 2.07. The molecule has 2 aromatic rings. The second-order valence-electron chi connectivity index (χ2n) is 4.68. The Bertz CT molecular complexity index is 555. The summed E-state index contributed by atoms with van der Waals surface area (Å²) in [5.74, 6) is 0.102. The first-order chi connectivity index (χ1) is 9.11. The van der Waals surface area contributed by atoms with Gasteiger partial charge >= 0.3 is 0 Å². The van der Waals surface area contributed by atoms with Crippen LogP contribution in [0.1, 0.15) is 29.8 Å². The SMILES string of the molecule is CCN(c1ccc(C)cc1)c1ccc(C(C)=O)cc1. The molecule has 0 bridgehead atoms. The fourth-order valence-electron chi connectivity index (χ4n) is 2.12. The third kappa shape index (κ3) is 3.02. The van der Waals surface area contributed by atoms with Crippen LogP contribution in [0.5, 0.6) is 0 Å². The lowest BCUT2D eigenvalue weighted by molar-refractivity contribution is 0.101. The Kier molecular flexibility index (Phi) is 4.00. The summed E-state index contributed by atoms with van der Waals surface area (Å²) in [6.07, 6.45) is 0. The van der Waals surface area contributed by atoms with Gasteiger partial charge in [-0.25, -0.2) is 0 Å². The lowest BCUT2D eigenvalue weighted by Gasteiger charge is -2.23. The summed E-state index contributed by atoms with van der Waals surface area (Å²) in [6, 6.07) is 16.2. The smallest absolute Gasteiger partial charge is 0.159 e. The average molecular weight is 253 g/mol. The monoisotopic (exact) mass is 253 g/mol. The molecular weight excluding hydrogens is 234 g/mol. The van der Waals surface area contributed by atoms with Crippen LogP contribution in [-0.4, -0.2) is 12.3 Å². The number of hydrogen-bond donors (Lipinski definition) is 0. The Hall–Kier alpha value is -2.09. The van der Waals surface area contributed by atoms with Crippen LogP contribution in [0.2, 0.25) is 0 Å². The Balaban J connectivity index is 2.31. The van der Waals surface area contributed by atoms with Crippen LogP contribution < -0.4 is 4.90 Å². The van der Waals surface area contributed by atoms with Gasteiger partial charge < -0.3 is 4.90 Å². The Morgan fingerprint density at radius 3 is 1.84 bits per heavy atom. The van der Waals surface area contributed by atoms with Gasteiger partial charge in [0.05, 0.1) is 0 Å². The number of ketones is 1. The molecule has 19 heavy (non-hydrogen) atoms. The Morgan fingerprint density at radius 1 is 0.947 bits per heavy atom. The minimum Gasteiger partial charge on any atom is -0.342 e. The summed E-state index contributed by atoms with van der Waals surface area (Å²) in [4.78, 5) is 13.5. The quantitative estimate of drug-likeness (QED) is 0.755. The molecule has 0 fully saturated rings. The van der Waals surface area contributed by atoms with Gasteiger partial charge in [-0.2, -0.15) is 0 Å². The van der Waals surface area contributed by atoms with Crippen molar-refractivity contribution < 1.29 is 4.79 Å². The maximum absolute atomic E-state index is 11.3. The fourth-order valence-corrected chi connectivity index (χ4v) is 2.12. The van der Waals surface area contributed by atoms with Crippen molar-refractivity contribution in [1.82, 2.24) is 0 Å². The maximum atomic E-state index is 11.3. The summed E-state index contributed by atoms with van der Waals surface area (Å²) < 4.78 is 0. The number of anilines is 2. The van der Waals surface area contributed by atoms with E-state index >= 15 is 0 Å². The number of hydrogen-bond acceptors (Lipinski definition) is 2. The predicted molar refractivity (Wildman–Crippen MR) is 80.3 cm³/mol. The van der Waals surface area contributed by atoms with Gasteiger partial charge in [0.15, 0.2) is 5.78 Å². The van der Waals surface area contributed by atoms with Gasteiger partial charge in [0, 0.05) is 23.5 Å². The van der Waals surface area contributed by atoms with Gasteiger partial charge in [-0.1, -0.05) is 17.7 Å². The second kappa shape index (κ2) is 5.70. The number of benzene rings is 2.